The number of benzene rings is 1. The van der Waals surface area contributed by atoms with Crippen molar-refractivity contribution in [3.63, 3.8) is 0 Å². The molecule has 1 spiro atoms. The summed E-state index contributed by atoms with van der Waals surface area (Å²) in [6.07, 6.45) is 2.31. The van der Waals surface area contributed by atoms with Crippen molar-refractivity contribution < 1.29 is 37.3 Å². The summed E-state index contributed by atoms with van der Waals surface area (Å²) in [6.45, 7) is 2.36. The van der Waals surface area contributed by atoms with E-state index in [4.69, 9.17) is 9.47 Å². The Hall–Kier alpha value is -3.38. The van der Waals surface area contributed by atoms with E-state index in [1.807, 2.05) is 6.92 Å². The van der Waals surface area contributed by atoms with Crippen molar-refractivity contribution in [3.8, 4) is 5.75 Å². The summed E-state index contributed by atoms with van der Waals surface area (Å²) in [5.41, 5.74) is -3.33. The zero-order valence-electron chi connectivity index (χ0n) is 19.4. The van der Waals surface area contributed by atoms with Crippen LogP contribution in [0.5, 0.6) is 5.75 Å². The molecule has 9 nitrogen and oxygen atoms in total. The first-order valence-corrected chi connectivity index (χ1v) is 11.6. The minimum Gasteiger partial charge on any atom is -0.503 e. The van der Waals surface area contributed by atoms with Gasteiger partial charge in [-0.1, -0.05) is 0 Å². The van der Waals surface area contributed by atoms with Crippen molar-refractivity contribution in [3.05, 3.63) is 62.8 Å². The molecule has 4 heterocycles. The lowest BCUT2D eigenvalue weighted by Gasteiger charge is -2.46. The highest BCUT2D eigenvalue weighted by molar-refractivity contribution is 5.99. The smallest absolute Gasteiger partial charge is 0.274 e. The third-order valence-corrected chi connectivity index (χ3v) is 7.24. The Kier molecular flexibility index (Phi) is 6.03. The molecule has 192 valence electrons. The van der Waals surface area contributed by atoms with E-state index >= 15 is 0 Å². The molecule has 3 aliphatic heterocycles. The maximum atomic E-state index is 14.0. The highest BCUT2D eigenvalue weighted by Crippen LogP contribution is 2.43. The molecule has 2 aromatic rings. The van der Waals surface area contributed by atoms with E-state index in [-0.39, 0.29) is 24.9 Å². The fourth-order valence-electron chi connectivity index (χ4n) is 5.24. The van der Waals surface area contributed by atoms with Crippen LogP contribution in [0.4, 0.5) is 13.2 Å². The van der Waals surface area contributed by atoms with Gasteiger partial charge in [-0.3, -0.25) is 14.4 Å². The summed E-state index contributed by atoms with van der Waals surface area (Å²) in [4.78, 5) is 40.7. The van der Waals surface area contributed by atoms with Crippen molar-refractivity contribution in [1.29, 1.82) is 0 Å². The number of rotatable bonds is 3. The zero-order valence-corrected chi connectivity index (χ0v) is 19.4. The molecule has 5 rings (SSSR count). The van der Waals surface area contributed by atoms with Gasteiger partial charge in [0.1, 0.15) is 28.6 Å². The van der Waals surface area contributed by atoms with Gasteiger partial charge in [-0.25, -0.2) is 13.2 Å². The van der Waals surface area contributed by atoms with E-state index in [1.54, 1.807) is 4.90 Å². The standard InChI is InChI=1S/C24H24F3N3O6/c1-12-2-3-24(11-35-4-5-36-24)18-10-29(12)23(34)19-21(32)20(31)15(9-30(18)19)22(33)28-8-14-16(26)6-13(25)7-17(14)27/h6-7,9,12,18,32H,2-5,8,10-11H2,1H3,(H,28,33)/t12-,18+,24-/m0/s1. The van der Waals surface area contributed by atoms with Gasteiger partial charge in [0.2, 0.25) is 5.43 Å². The molecule has 1 aromatic carbocycles. The number of hydrogen-bond donors (Lipinski definition) is 2. The highest BCUT2D eigenvalue weighted by atomic mass is 19.1. The molecular weight excluding hydrogens is 483 g/mol. The lowest BCUT2D eigenvalue weighted by molar-refractivity contribution is -0.182. The van der Waals surface area contributed by atoms with Crippen molar-refractivity contribution in [2.45, 2.75) is 44.0 Å². The monoisotopic (exact) mass is 507 g/mol. The SMILES string of the molecule is C[C@H]1CC[C@]2(COCCO2)[C@H]2CN1C(=O)c1c(O)c(=O)c(C(=O)NCc3c(F)cc(F)cc3F)cn12. The topological polar surface area (TPSA) is 110 Å². The largest absolute Gasteiger partial charge is 0.503 e. The Bertz CT molecular complexity index is 1280. The van der Waals surface area contributed by atoms with Crippen LogP contribution in [0.1, 0.15) is 52.2 Å². The van der Waals surface area contributed by atoms with Crippen molar-refractivity contribution in [1.82, 2.24) is 14.8 Å². The maximum Gasteiger partial charge on any atom is 0.274 e. The predicted molar refractivity (Wildman–Crippen MR) is 118 cm³/mol. The van der Waals surface area contributed by atoms with Crippen LogP contribution in [0.3, 0.4) is 0 Å². The zero-order chi connectivity index (χ0) is 25.8. The number of fused-ring (bicyclic) bond motifs is 5. The number of carbonyl (C=O) groups excluding carboxylic acids is 2. The Morgan fingerprint density at radius 2 is 1.94 bits per heavy atom. The first kappa shape index (κ1) is 24.3. The van der Waals surface area contributed by atoms with Gasteiger partial charge in [0.25, 0.3) is 11.8 Å². The van der Waals surface area contributed by atoms with Gasteiger partial charge in [-0.15, -0.1) is 0 Å². The number of amides is 2. The van der Waals surface area contributed by atoms with E-state index in [2.05, 4.69) is 5.32 Å². The van der Waals surface area contributed by atoms with Crippen LogP contribution in [-0.2, 0) is 16.0 Å². The van der Waals surface area contributed by atoms with Gasteiger partial charge < -0.3 is 29.4 Å². The van der Waals surface area contributed by atoms with Crippen LogP contribution in [0.25, 0.3) is 0 Å². The first-order chi connectivity index (χ1) is 17.1. The summed E-state index contributed by atoms with van der Waals surface area (Å²) < 4.78 is 54.4. The predicted octanol–water partition coefficient (Wildman–Crippen LogP) is 1.87. The molecule has 2 fully saturated rings. The molecular formula is C24H24F3N3O6. The average molecular weight is 507 g/mol. The van der Waals surface area contributed by atoms with Crippen molar-refractivity contribution in [2.75, 3.05) is 26.4 Å². The van der Waals surface area contributed by atoms with E-state index in [9.17, 15) is 32.7 Å². The van der Waals surface area contributed by atoms with Crippen LogP contribution in [-0.4, -0.2) is 64.4 Å². The number of halogens is 3. The molecule has 12 heteroatoms. The van der Waals surface area contributed by atoms with Gasteiger partial charge in [0, 0.05) is 43.0 Å². The van der Waals surface area contributed by atoms with E-state index in [1.165, 1.54) is 10.8 Å². The second-order valence-corrected chi connectivity index (χ2v) is 9.33. The van der Waals surface area contributed by atoms with Gasteiger partial charge in [0.05, 0.1) is 25.9 Å². The van der Waals surface area contributed by atoms with Gasteiger partial charge >= 0.3 is 0 Å². The fourth-order valence-corrected chi connectivity index (χ4v) is 5.24. The Labute approximate surface area is 203 Å². The summed E-state index contributed by atoms with van der Waals surface area (Å²) in [6, 6.07) is 0.192. The molecule has 0 radical (unpaired) electrons. The molecule has 0 unspecified atom stereocenters. The third-order valence-electron chi connectivity index (χ3n) is 7.24. The molecule has 2 bridgehead atoms. The molecule has 0 saturated carbocycles. The maximum absolute atomic E-state index is 14.0. The highest BCUT2D eigenvalue weighted by Gasteiger charge is 2.51. The molecule has 3 atom stereocenters. The third kappa shape index (κ3) is 3.84. The number of ether oxygens (including phenoxy) is 2. The Morgan fingerprint density at radius 1 is 1.22 bits per heavy atom. The van der Waals surface area contributed by atoms with Gasteiger partial charge in [-0.2, -0.15) is 0 Å². The number of aromatic hydroxyl groups is 1. The first-order valence-electron chi connectivity index (χ1n) is 11.6. The lowest BCUT2D eigenvalue weighted by atomic mass is 9.88. The van der Waals surface area contributed by atoms with Crippen LogP contribution >= 0.6 is 0 Å². The van der Waals surface area contributed by atoms with E-state index in [0.717, 1.165) is 0 Å². The Morgan fingerprint density at radius 3 is 2.61 bits per heavy atom. The minimum atomic E-state index is -1.20. The molecule has 36 heavy (non-hydrogen) atoms. The number of carbonyl (C=O) groups is 2. The number of hydrogen-bond acceptors (Lipinski definition) is 6. The lowest BCUT2D eigenvalue weighted by Crippen LogP contribution is -2.56. The van der Waals surface area contributed by atoms with Gasteiger partial charge in [-0.05, 0) is 19.8 Å². The molecule has 3 aliphatic rings. The summed E-state index contributed by atoms with van der Waals surface area (Å²) in [7, 11) is 0. The Balaban J connectivity index is 1.55. The van der Waals surface area contributed by atoms with Crippen LogP contribution in [0.15, 0.2) is 23.1 Å². The van der Waals surface area contributed by atoms with Crippen LogP contribution < -0.4 is 10.7 Å². The summed E-state index contributed by atoms with van der Waals surface area (Å²) in [5, 5.41) is 13.0. The second-order valence-electron chi connectivity index (χ2n) is 9.33. The van der Waals surface area contributed by atoms with Crippen molar-refractivity contribution in [2.24, 2.45) is 0 Å². The molecule has 1 aromatic heterocycles. The molecule has 0 aliphatic carbocycles. The van der Waals surface area contributed by atoms with E-state index in [0.29, 0.717) is 38.2 Å². The quantitative estimate of drug-likeness (QED) is 0.657. The summed E-state index contributed by atoms with van der Waals surface area (Å²) in [5.74, 6) is -6.00. The normalized spacial score (nSPS) is 25.4. The van der Waals surface area contributed by atoms with Crippen molar-refractivity contribution >= 4 is 11.8 Å². The van der Waals surface area contributed by atoms with Crippen LogP contribution in [0, 0.1) is 17.5 Å². The molecule has 2 amide bonds. The van der Waals surface area contributed by atoms with Crippen LogP contribution in [0.2, 0.25) is 0 Å². The van der Waals surface area contributed by atoms with Gasteiger partial charge in [0.15, 0.2) is 11.4 Å². The minimum absolute atomic E-state index is 0.184. The second kappa shape index (κ2) is 8.93. The van der Waals surface area contributed by atoms with E-state index < -0.39 is 69.8 Å². The molecule has 2 saturated heterocycles. The number of pyridine rings is 1. The average Bonchev–Trinajstić information content (AvgIpc) is 2.95. The summed E-state index contributed by atoms with van der Waals surface area (Å²) >= 11 is 0. The number of nitrogens with zero attached hydrogens (tertiary/aromatic N) is 2. The number of nitrogens with one attached hydrogen (secondary N) is 1. The fraction of sp³-hybridized carbons (Fsp3) is 0.458. The molecule has 2 N–H and O–H groups in total. The number of aromatic nitrogens is 1.